The highest BCUT2D eigenvalue weighted by Gasteiger charge is 2.22. The molecular formula is C15H32N2. The van der Waals surface area contributed by atoms with Crippen molar-refractivity contribution in [3.8, 4) is 0 Å². The van der Waals surface area contributed by atoms with E-state index in [1.807, 2.05) is 0 Å². The molecule has 1 aliphatic heterocycles. The Kier molecular flexibility index (Phi) is 7.14. The molecule has 0 saturated carbocycles. The minimum atomic E-state index is 0.727. The molecule has 0 bridgehead atoms. The van der Waals surface area contributed by atoms with Crippen LogP contribution in [-0.2, 0) is 0 Å². The Morgan fingerprint density at radius 1 is 1.24 bits per heavy atom. The van der Waals surface area contributed by atoms with Gasteiger partial charge in [0, 0.05) is 6.04 Å². The predicted molar refractivity (Wildman–Crippen MR) is 76.4 cm³/mol. The normalized spacial score (nSPS) is 26.5. The molecule has 0 radical (unpaired) electrons. The molecule has 0 amide bonds. The highest BCUT2D eigenvalue weighted by atomic mass is 15.2. The zero-order valence-corrected chi connectivity index (χ0v) is 12.3. The quantitative estimate of drug-likeness (QED) is 0.718. The Morgan fingerprint density at radius 3 is 2.71 bits per heavy atom. The third-order valence-electron chi connectivity index (χ3n) is 4.34. The molecule has 1 N–H and O–H groups in total. The third kappa shape index (κ3) is 5.39. The summed E-state index contributed by atoms with van der Waals surface area (Å²) < 4.78 is 0. The standard InChI is InChI=1S/C15H32N2/c1-5-9-16-12-14(3)15(4)17-10-6-7-13(2)8-11-17/h13-16H,5-12H2,1-4H3. The topological polar surface area (TPSA) is 15.3 Å². The van der Waals surface area contributed by atoms with E-state index < -0.39 is 0 Å². The SMILES string of the molecule is CCCNCC(C)C(C)N1CCCC(C)CC1. The van der Waals surface area contributed by atoms with Gasteiger partial charge in [0.1, 0.15) is 0 Å². The van der Waals surface area contributed by atoms with Crippen molar-refractivity contribution in [1.29, 1.82) is 0 Å². The summed E-state index contributed by atoms with van der Waals surface area (Å²) in [5.74, 6) is 1.69. The number of nitrogens with one attached hydrogen (secondary N) is 1. The Morgan fingerprint density at radius 2 is 2.00 bits per heavy atom. The van der Waals surface area contributed by atoms with Crippen LogP contribution in [0.3, 0.4) is 0 Å². The molecule has 3 atom stereocenters. The van der Waals surface area contributed by atoms with E-state index in [-0.39, 0.29) is 0 Å². The first-order valence-electron chi connectivity index (χ1n) is 7.59. The first kappa shape index (κ1) is 15.0. The lowest BCUT2D eigenvalue weighted by Crippen LogP contribution is -2.41. The molecule has 1 rings (SSSR count). The smallest absolute Gasteiger partial charge is 0.0105 e. The van der Waals surface area contributed by atoms with Crippen LogP contribution in [0.25, 0.3) is 0 Å². The highest BCUT2D eigenvalue weighted by molar-refractivity contribution is 4.77. The Labute approximate surface area is 108 Å². The van der Waals surface area contributed by atoms with Crippen molar-refractivity contribution in [2.75, 3.05) is 26.2 Å². The Hall–Kier alpha value is -0.0800. The lowest BCUT2D eigenvalue weighted by Gasteiger charge is -2.32. The van der Waals surface area contributed by atoms with Crippen molar-refractivity contribution in [2.45, 2.75) is 59.4 Å². The van der Waals surface area contributed by atoms with E-state index >= 15 is 0 Å². The van der Waals surface area contributed by atoms with E-state index in [4.69, 9.17) is 0 Å². The maximum atomic E-state index is 3.55. The van der Waals surface area contributed by atoms with Gasteiger partial charge in [-0.1, -0.05) is 20.8 Å². The molecule has 1 saturated heterocycles. The third-order valence-corrected chi connectivity index (χ3v) is 4.34. The van der Waals surface area contributed by atoms with Crippen molar-refractivity contribution >= 4 is 0 Å². The molecule has 1 heterocycles. The maximum Gasteiger partial charge on any atom is 0.0105 e. The highest BCUT2D eigenvalue weighted by Crippen LogP contribution is 2.20. The second kappa shape index (κ2) is 8.10. The van der Waals surface area contributed by atoms with Crippen LogP contribution in [0.5, 0.6) is 0 Å². The molecule has 0 aromatic rings. The first-order valence-corrected chi connectivity index (χ1v) is 7.59. The van der Waals surface area contributed by atoms with E-state index in [1.54, 1.807) is 0 Å². The zero-order valence-electron chi connectivity index (χ0n) is 12.3. The summed E-state index contributed by atoms with van der Waals surface area (Å²) >= 11 is 0. The van der Waals surface area contributed by atoms with Gasteiger partial charge in [0.15, 0.2) is 0 Å². The van der Waals surface area contributed by atoms with Crippen LogP contribution in [0, 0.1) is 11.8 Å². The van der Waals surface area contributed by atoms with Crippen molar-refractivity contribution in [3.63, 3.8) is 0 Å². The van der Waals surface area contributed by atoms with Crippen LogP contribution in [0.2, 0.25) is 0 Å². The fraction of sp³-hybridized carbons (Fsp3) is 1.00. The largest absolute Gasteiger partial charge is 0.316 e. The molecule has 0 aliphatic carbocycles. The van der Waals surface area contributed by atoms with Crippen molar-refractivity contribution in [3.05, 3.63) is 0 Å². The number of hydrogen-bond acceptors (Lipinski definition) is 2. The van der Waals surface area contributed by atoms with Gasteiger partial charge in [-0.05, 0) is 70.6 Å². The summed E-state index contributed by atoms with van der Waals surface area (Å²) in [7, 11) is 0. The second-order valence-corrected chi connectivity index (χ2v) is 5.99. The molecule has 0 aromatic heterocycles. The van der Waals surface area contributed by atoms with Gasteiger partial charge in [-0.25, -0.2) is 0 Å². The van der Waals surface area contributed by atoms with Gasteiger partial charge >= 0.3 is 0 Å². The van der Waals surface area contributed by atoms with Gasteiger partial charge < -0.3 is 10.2 Å². The van der Waals surface area contributed by atoms with E-state index in [2.05, 4.69) is 37.9 Å². The van der Waals surface area contributed by atoms with E-state index in [1.165, 1.54) is 45.3 Å². The van der Waals surface area contributed by atoms with Gasteiger partial charge in [0.2, 0.25) is 0 Å². The molecule has 3 unspecified atom stereocenters. The lowest BCUT2D eigenvalue weighted by atomic mass is 10.0. The van der Waals surface area contributed by atoms with Gasteiger partial charge in [-0.3, -0.25) is 0 Å². The first-order chi connectivity index (χ1) is 8.15. The Balaban J connectivity index is 2.31. The summed E-state index contributed by atoms with van der Waals surface area (Å²) in [5, 5.41) is 3.55. The fourth-order valence-electron chi connectivity index (χ4n) is 2.73. The lowest BCUT2D eigenvalue weighted by molar-refractivity contribution is 0.164. The van der Waals surface area contributed by atoms with Crippen molar-refractivity contribution in [1.82, 2.24) is 10.2 Å². The summed E-state index contributed by atoms with van der Waals surface area (Å²) in [5.41, 5.74) is 0. The maximum absolute atomic E-state index is 3.55. The summed E-state index contributed by atoms with van der Waals surface area (Å²) in [4.78, 5) is 2.71. The van der Waals surface area contributed by atoms with Crippen LogP contribution >= 0.6 is 0 Å². The molecule has 2 nitrogen and oxygen atoms in total. The van der Waals surface area contributed by atoms with Gasteiger partial charge in [0.05, 0.1) is 0 Å². The van der Waals surface area contributed by atoms with Crippen LogP contribution < -0.4 is 5.32 Å². The number of hydrogen-bond donors (Lipinski definition) is 1. The molecular weight excluding hydrogens is 208 g/mol. The van der Waals surface area contributed by atoms with Gasteiger partial charge in [-0.15, -0.1) is 0 Å². The van der Waals surface area contributed by atoms with Crippen LogP contribution in [-0.4, -0.2) is 37.1 Å². The summed E-state index contributed by atoms with van der Waals surface area (Å²) in [6.45, 7) is 14.4. The summed E-state index contributed by atoms with van der Waals surface area (Å²) in [6, 6.07) is 0.727. The summed E-state index contributed by atoms with van der Waals surface area (Å²) in [6.07, 6.45) is 5.44. The van der Waals surface area contributed by atoms with E-state index in [0.717, 1.165) is 24.4 Å². The molecule has 102 valence electrons. The fourth-order valence-corrected chi connectivity index (χ4v) is 2.73. The monoisotopic (exact) mass is 240 g/mol. The van der Waals surface area contributed by atoms with Crippen LogP contribution in [0.1, 0.15) is 53.4 Å². The second-order valence-electron chi connectivity index (χ2n) is 5.99. The average Bonchev–Trinajstić information content (AvgIpc) is 2.53. The van der Waals surface area contributed by atoms with Crippen molar-refractivity contribution in [2.24, 2.45) is 11.8 Å². The predicted octanol–water partition coefficient (Wildman–Crippen LogP) is 3.13. The van der Waals surface area contributed by atoms with Crippen LogP contribution in [0.15, 0.2) is 0 Å². The molecule has 1 fully saturated rings. The van der Waals surface area contributed by atoms with Gasteiger partial charge in [-0.2, -0.15) is 0 Å². The van der Waals surface area contributed by atoms with Crippen LogP contribution in [0.4, 0.5) is 0 Å². The minimum Gasteiger partial charge on any atom is -0.316 e. The average molecular weight is 240 g/mol. The van der Waals surface area contributed by atoms with Gasteiger partial charge in [0.25, 0.3) is 0 Å². The van der Waals surface area contributed by atoms with Crippen molar-refractivity contribution < 1.29 is 0 Å². The molecule has 17 heavy (non-hydrogen) atoms. The molecule has 1 aliphatic rings. The number of likely N-dealkylation sites (tertiary alicyclic amines) is 1. The van der Waals surface area contributed by atoms with E-state index in [9.17, 15) is 0 Å². The minimum absolute atomic E-state index is 0.727. The van der Waals surface area contributed by atoms with E-state index in [0.29, 0.717) is 0 Å². The Bertz CT molecular complexity index is 193. The molecule has 0 aromatic carbocycles. The number of nitrogens with zero attached hydrogens (tertiary/aromatic N) is 1. The molecule has 2 heteroatoms. The molecule has 0 spiro atoms. The number of rotatable bonds is 6. The zero-order chi connectivity index (χ0) is 12.7.